The zero-order valence-corrected chi connectivity index (χ0v) is 18.1. The lowest BCUT2D eigenvalue weighted by molar-refractivity contribution is 0.628. The highest BCUT2D eigenvalue weighted by molar-refractivity contribution is 7.98. The lowest BCUT2D eigenvalue weighted by Gasteiger charge is -2.13. The lowest BCUT2D eigenvalue weighted by atomic mass is 10.1. The number of hydrogen-bond donors (Lipinski definition) is 2. The minimum atomic E-state index is -0.266. The number of aromatic amines is 1. The standard InChI is InChI=1S/C21H18ClFN4S2/c1-12(16-7-8-17(22)29-16)25-18-11-14(9-10-24-18)20-19(26-21(27-20)28-2)13-3-5-15(23)6-4-13/h3-12H,1-2H3,(H,24,25)(H,26,27). The number of hydrogen-bond acceptors (Lipinski definition) is 5. The van der Waals surface area contributed by atoms with Gasteiger partial charge in [0.1, 0.15) is 11.6 Å². The highest BCUT2D eigenvalue weighted by atomic mass is 35.5. The molecule has 0 fully saturated rings. The highest BCUT2D eigenvalue weighted by Gasteiger charge is 2.16. The average Bonchev–Trinajstić information content (AvgIpc) is 3.35. The summed E-state index contributed by atoms with van der Waals surface area (Å²) in [5.74, 6) is 0.483. The molecule has 3 aromatic heterocycles. The predicted octanol–water partition coefficient (Wildman–Crippen LogP) is 6.89. The second kappa shape index (κ2) is 8.57. The second-order valence-electron chi connectivity index (χ2n) is 6.41. The van der Waals surface area contributed by atoms with E-state index in [-0.39, 0.29) is 11.9 Å². The van der Waals surface area contributed by atoms with E-state index in [0.29, 0.717) is 0 Å². The number of nitrogens with zero attached hydrogens (tertiary/aromatic N) is 2. The molecule has 1 aromatic carbocycles. The number of anilines is 1. The molecule has 0 aliphatic carbocycles. The van der Waals surface area contributed by atoms with Crippen LogP contribution in [-0.2, 0) is 0 Å². The van der Waals surface area contributed by atoms with Crippen LogP contribution in [0.5, 0.6) is 0 Å². The summed E-state index contributed by atoms with van der Waals surface area (Å²) in [7, 11) is 0. The minimum absolute atomic E-state index is 0.0766. The van der Waals surface area contributed by atoms with Crippen LogP contribution >= 0.6 is 34.7 Å². The number of rotatable bonds is 6. The zero-order valence-electron chi connectivity index (χ0n) is 15.7. The van der Waals surface area contributed by atoms with Gasteiger partial charge in [0, 0.05) is 22.2 Å². The van der Waals surface area contributed by atoms with E-state index >= 15 is 0 Å². The molecule has 1 unspecified atom stereocenters. The largest absolute Gasteiger partial charge is 0.363 e. The van der Waals surface area contributed by atoms with Crippen molar-refractivity contribution in [3.63, 3.8) is 0 Å². The van der Waals surface area contributed by atoms with E-state index in [2.05, 4.69) is 22.2 Å². The van der Waals surface area contributed by atoms with Crippen molar-refractivity contribution in [3.05, 3.63) is 69.8 Å². The van der Waals surface area contributed by atoms with Crippen LogP contribution in [0.4, 0.5) is 10.2 Å². The van der Waals surface area contributed by atoms with Gasteiger partial charge in [0.25, 0.3) is 0 Å². The van der Waals surface area contributed by atoms with Crippen LogP contribution < -0.4 is 5.32 Å². The fraction of sp³-hybridized carbons (Fsp3) is 0.143. The van der Waals surface area contributed by atoms with Gasteiger partial charge in [0.2, 0.25) is 0 Å². The van der Waals surface area contributed by atoms with Gasteiger partial charge in [-0.05, 0) is 61.7 Å². The first-order chi connectivity index (χ1) is 14.0. The fourth-order valence-electron chi connectivity index (χ4n) is 2.99. The number of benzene rings is 1. The molecule has 0 aliphatic rings. The van der Waals surface area contributed by atoms with E-state index in [0.717, 1.165) is 42.7 Å². The Morgan fingerprint density at radius 3 is 2.62 bits per heavy atom. The molecule has 0 spiro atoms. The van der Waals surface area contributed by atoms with E-state index in [9.17, 15) is 4.39 Å². The van der Waals surface area contributed by atoms with Crippen LogP contribution in [0.15, 0.2) is 59.9 Å². The van der Waals surface area contributed by atoms with Crippen molar-refractivity contribution < 1.29 is 4.39 Å². The number of thioether (sulfide) groups is 1. The van der Waals surface area contributed by atoms with E-state index in [1.807, 2.05) is 30.5 Å². The van der Waals surface area contributed by atoms with Crippen molar-refractivity contribution in [3.8, 4) is 22.5 Å². The van der Waals surface area contributed by atoms with Gasteiger partial charge in [0.15, 0.2) is 5.16 Å². The van der Waals surface area contributed by atoms with Crippen molar-refractivity contribution in [2.75, 3.05) is 11.6 Å². The Morgan fingerprint density at radius 1 is 1.14 bits per heavy atom. The van der Waals surface area contributed by atoms with E-state index in [1.54, 1.807) is 29.7 Å². The summed E-state index contributed by atoms with van der Waals surface area (Å²) >= 11 is 9.13. The number of thiophene rings is 1. The molecule has 4 rings (SSSR count). The van der Waals surface area contributed by atoms with Gasteiger partial charge >= 0.3 is 0 Å². The molecule has 4 aromatic rings. The van der Waals surface area contributed by atoms with Gasteiger partial charge in [-0.3, -0.25) is 0 Å². The molecule has 0 radical (unpaired) electrons. The number of H-pyrrole nitrogens is 1. The molecule has 29 heavy (non-hydrogen) atoms. The first-order valence-electron chi connectivity index (χ1n) is 8.91. The van der Waals surface area contributed by atoms with E-state index < -0.39 is 0 Å². The van der Waals surface area contributed by atoms with Crippen LogP contribution in [0.2, 0.25) is 4.34 Å². The highest BCUT2D eigenvalue weighted by Crippen LogP contribution is 2.34. The van der Waals surface area contributed by atoms with Crippen LogP contribution in [0.3, 0.4) is 0 Å². The molecule has 0 saturated carbocycles. The molecular weight excluding hydrogens is 427 g/mol. The van der Waals surface area contributed by atoms with E-state index in [4.69, 9.17) is 16.6 Å². The van der Waals surface area contributed by atoms with Crippen LogP contribution in [0.1, 0.15) is 17.8 Å². The Balaban J connectivity index is 1.67. The predicted molar refractivity (Wildman–Crippen MR) is 120 cm³/mol. The maximum Gasteiger partial charge on any atom is 0.166 e. The Bertz CT molecular complexity index is 1120. The average molecular weight is 445 g/mol. The third-order valence-electron chi connectivity index (χ3n) is 4.43. The Morgan fingerprint density at radius 2 is 1.93 bits per heavy atom. The molecule has 0 saturated heterocycles. The maximum atomic E-state index is 13.4. The molecule has 3 heterocycles. The molecule has 0 aliphatic heterocycles. The third kappa shape index (κ3) is 4.47. The number of imidazole rings is 1. The smallest absolute Gasteiger partial charge is 0.166 e. The SMILES string of the molecule is CSc1nc(-c2ccnc(NC(C)c3ccc(Cl)s3)c2)c(-c2ccc(F)cc2)[nH]1. The second-order valence-corrected chi connectivity index (χ2v) is 8.96. The summed E-state index contributed by atoms with van der Waals surface area (Å²) in [6, 6.07) is 14.3. The number of pyridine rings is 1. The first-order valence-corrected chi connectivity index (χ1v) is 11.3. The quantitative estimate of drug-likeness (QED) is 0.318. The Labute approximate surface area is 181 Å². The summed E-state index contributed by atoms with van der Waals surface area (Å²) in [5.41, 5.74) is 3.46. The van der Waals surface area contributed by atoms with Crippen LogP contribution in [0.25, 0.3) is 22.5 Å². The monoisotopic (exact) mass is 444 g/mol. The number of aromatic nitrogens is 3. The van der Waals surface area contributed by atoms with Crippen molar-refractivity contribution in [1.29, 1.82) is 0 Å². The third-order valence-corrected chi connectivity index (χ3v) is 6.42. The number of halogens is 2. The normalized spacial score (nSPS) is 12.1. The number of nitrogens with one attached hydrogen (secondary N) is 2. The van der Waals surface area contributed by atoms with Gasteiger partial charge in [-0.1, -0.05) is 23.4 Å². The molecule has 148 valence electrons. The first kappa shape index (κ1) is 19.9. The molecule has 0 bridgehead atoms. The summed E-state index contributed by atoms with van der Waals surface area (Å²) < 4.78 is 14.1. The summed E-state index contributed by atoms with van der Waals surface area (Å²) in [5, 5.41) is 4.22. The van der Waals surface area contributed by atoms with E-state index in [1.165, 1.54) is 23.9 Å². The van der Waals surface area contributed by atoms with Gasteiger partial charge < -0.3 is 10.3 Å². The summed E-state index contributed by atoms with van der Waals surface area (Å²) in [4.78, 5) is 13.6. The molecule has 8 heteroatoms. The fourth-order valence-corrected chi connectivity index (χ4v) is 4.44. The van der Waals surface area contributed by atoms with Gasteiger partial charge in [-0.15, -0.1) is 11.3 Å². The molecular formula is C21H18ClFN4S2. The summed E-state index contributed by atoms with van der Waals surface area (Å²) in [6.07, 6.45) is 3.72. The zero-order chi connectivity index (χ0) is 20.4. The Hall–Kier alpha value is -2.35. The molecule has 4 nitrogen and oxygen atoms in total. The van der Waals surface area contributed by atoms with Crippen LogP contribution in [0, 0.1) is 5.82 Å². The van der Waals surface area contributed by atoms with Gasteiger partial charge in [0.05, 0.1) is 21.8 Å². The van der Waals surface area contributed by atoms with Crippen molar-refractivity contribution in [2.24, 2.45) is 0 Å². The van der Waals surface area contributed by atoms with Crippen molar-refractivity contribution in [1.82, 2.24) is 15.0 Å². The summed E-state index contributed by atoms with van der Waals surface area (Å²) in [6.45, 7) is 2.07. The van der Waals surface area contributed by atoms with Gasteiger partial charge in [-0.25, -0.2) is 14.4 Å². The van der Waals surface area contributed by atoms with Crippen LogP contribution in [-0.4, -0.2) is 21.2 Å². The lowest BCUT2D eigenvalue weighted by Crippen LogP contribution is -2.06. The topological polar surface area (TPSA) is 53.6 Å². The van der Waals surface area contributed by atoms with Crippen molar-refractivity contribution >= 4 is 40.5 Å². The molecule has 1 atom stereocenters. The minimum Gasteiger partial charge on any atom is -0.363 e. The molecule has 0 amide bonds. The van der Waals surface area contributed by atoms with Gasteiger partial charge in [-0.2, -0.15) is 0 Å². The van der Waals surface area contributed by atoms with Crippen molar-refractivity contribution in [2.45, 2.75) is 18.1 Å². The Kier molecular flexibility index (Phi) is 5.89. The maximum absolute atomic E-state index is 13.4. The molecule has 2 N–H and O–H groups in total.